The molecule has 0 aromatic heterocycles. The summed E-state index contributed by atoms with van der Waals surface area (Å²) in [5, 5.41) is 73.5. The zero-order valence-electron chi connectivity index (χ0n) is 39.7. The van der Waals surface area contributed by atoms with Crippen LogP contribution < -0.4 is 0 Å². The van der Waals surface area contributed by atoms with Gasteiger partial charge in [0.05, 0.1) is 11.7 Å². The molecule has 0 aliphatic heterocycles. The molecule has 0 radical (unpaired) electrons. The third-order valence-electron chi connectivity index (χ3n) is 11.0. The Hall–Kier alpha value is -4.31. The minimum atomic E-state index is -1.70. The Morgan fingerprint density at radius 1 is 0.388 bits per heavy atom. The minimum Gasteiger partial charge on any atom is -0.396 e. The Kier molecular flexibility index (Phi) is 26.2. The van der Waals surface area contributed by atoms with Gasteiger partial charge in [-0.25, -0.2) is 0 Å². The van der Waals surface area contributed by atoms with E-state index in [1.807, 2.05) is 212 Å². The Bertz CT molecular complexity index is 2100. The Morgan fingerprint density at radius 2 is 0.597 bits per heavy atom. The fourth-order valence-electron chi connectivity index (χ4n) is 7.83. The summed E-state index contributed by atoms with van der Waals surface area (Å²) in [5.74, 6) is 0. The quantitative estimate of drug-likeness (QED) is 0.0451. The van der Waals surface area contributed by atoms with E-state index in [4.69, 9.17) is 15.3 Å². The summed E-state index contributed by atoms with van der Waals surface area (Å²) in [6, 6.07) is 65.3. The van der Waals surface area contributed by atoms with Gasteiger partial charge in [0.1, 0.15) is 11.2 Å². The van der Waals surface area contributed by atoms with Crippen molar-refractivity contribution in [2.24, 2.45) is 0 Å². The van der Waals surface area contributed by atoms with Crippen LogP contribution in [-0.4, -0.2) is 54.1 Å². The van der Waals surface area contributed by atoms with Gasteiger partial charge in [0, 0.05) is 56.5 Å². The first-order valence-corrected chi connectivity index (χ1v) is 21.9. The molecular weight excluding hydrogens is 904 g/mol. The largest absolute Gasteiger partial charge is 0.396 e. The van der Waals surface area contributed by atoms with Gasteiger partial charge in [0.15, 0.2) is 11.2 Å². The second-order valence-corrected chi connectivity index (χ2v) is 16.7. The van der Waals surface area contributed by atoms with E-state index in [0.29, 0.717) is 52.0 Å². The standard InChI is InChI=1S/C26H22O2.C21H20O2.C6H14O2.C4H10O.CH3.2Ti/c27-25(21-13-5-1-6-14-21,22-15-7-2-8-16-22)26(28,23-17-9-3-10-18-23)24-19-11-4-12-20-24;1-20(22,17-11-5-2-6-12-17)21(23,18-13-7-3-8-14-18)19-15-9-4-10-16-19;1-5(7)4-6(2,3)8;1-2-3-4-5;;;/h1-20,27-28H;2-16,22-23H,1H3;5,7-8H,4H2,1-3H3;5H,2-4H2,1H3;1H3;;/q;;;;-1;;. The maximum atomic E-state index is 12.3. The fraction of sp³-hybridized carbons (Fsp3) is 0.259. The first-order valence-electron chi connectivity index (χ1n) is 21.9. The topological polar surface area (TPSA) is 142 Å². The summed E-state index contributed by atoms with van der Waals surface area (Å²) in [6.07, 6.45) is 2.07. The van der Waals surface area contributed by atoms with Crippen LogP contribution in [0.4, 0.5) is 0 Å². The van der Waals surface area contributed by atoms with E-state index in [-0.39, 0.29) is 50.9 Å². The summed E-state index contributed by atoms with van der Waals surface area (Å²) in [4.78, 5) is 0. The average Bonchev–Trinajstić information content (AvgIpc) is 3.32. The molecule has 67 heavy (non-hydrogen) atoms. The van der Waals surface area contributed by atoms with Crippen LogP contribution in [-0.2, 0) is 65.8 Å². The van der Waals surface area contributed by atoms with Crippen LogP contribution in [0.1, 0.15) is 92.8 Å². The summed E-state index contributed by atoms with van der Waals surface area (Å²) >= 11 is 0. The molecule has 7 nitrogen and oxygen atoms in total. The van der Waals surface area contributed by atoms with Crippen molar-refractivity contribution in [3.05, 3.63) is 259 Å². The molecule has 352 valence electrons. The van der Waals surface area contributed by atoms with Crippen LogP contribution in [0.3, 0.4) is 0 Å². The maximum Gasteiger partial charge on any atom is 0.152 e. The van der Waals surface area contributed by atoms with Crippen LogP contribution in [0, 0.1) is 7.43 Å². The van der Waals surface area contributed by atoms with Gasteiger partial charge in [0.25, 0.3) is 0 Å². The summed E-state index contributed by atoms with van der Waals surface area (Å²) in [5.41, 5.74) is -2.71. The van der Waals surface area contributed by atoms with Gasteiger partial charge in [-0.1, -0.05) is 226 Å². The van der Waals surface area contributed by atoms with E-state index < -0.39 is 34.1 Å². The van der Waals surface area contributed by atoms with Gasteiger partial charge >= 0.3 is 0 Å². The van der Waals surface area contributed by atoms with E-state index in [9.17, 15) is 20.4 Å². The summed E-state index contributed by atoms with van der Waals surface area (Å²) in [6.45, 7) is 9.08. The van der Waals surface area contributed by atoms with Crippen LogP contribution in [0.5, 0.6) is 0 Å². The molecule has 7 aromatic rings. The normalized spacial score (nSPS) is 12.4. The zero-order chi connectivity index (χ0) is 46.7. The number of aliphatic hydroxyl groups is 7. The Morgan fingerprint density at radius 3 is 0.746 bits per heavy atom. The third-order valence-corrected chi connectivity index (χ3v) is 11.0. The van der Waals surface area contributed by atoms with Crippen molar-refractivity contribution >= 4 is 0 Å². The first-order chi connectivity index (χ1) is 30.6. The van der Waals surface area contributed by atoms with Crippen molar-refractivity contribution in [3.8, 4) is 0 Å². The molecule has 2 unspecified atom stereocenters. The molecule has 0 amide bonds. The number of rotatable bonds is 13. The SMILES string of the molecule is CC(O)(c1ccccc1)C(O)(c1ccccc1)c1ccccc1.CC(O)CC(C)(C)O.CCCCO.OC(c1ccccc1)(c1ccccc1)C(O)(c1ccccc1)c1ccccc1.[CH3-].[Ti].[Ti]. The molecule has 0 spiro atoms. The van der Waals surface area contributed by atoms with Gasteiger partial charge in [-0.05, 0) is 73.1 Å². The summed E-state index contributed by atoms with van der Waals surface area (Å²) < 4.78 is 0. The molecule has 0 aliphatic rings. The number of benzene rings is 7. The minimum absolute atomic E-state index is 0. The van der Waals surface area contributed by atoms with Gasteiger partial charge in [-0.2, -0.15) is 0 Å². The summed E-state index contributed by atoms with van der Waals surface area (Å²) in [7, 11) is 0. The molecule has 7 aromatic carbocycles. The molecule has 7 N–H and O–H groups in total. The van der Waals surface area contributed by atoms with Crippen LogP contribution in [0.25, 0.3) is 0 Å². The van der Waals surface area contributed by atoms with Crippen molar-refractivity contribution in [2.75, 3.05) is 6.61 Å². The predicted octanol–water partition coefficient (Wildman–Crippen LogP) is 10.4. The molecule has 0 saturated carbocycles. The second kappa shape index (κ2) is 28.9. The predicted molar refractivity (Wildman–Crippen MR) is 265 cm³/mol. The van der Waals surface area contributed by atoms with Gasteiger partial charge in [-0.15, -0.1) is 0 Å². The third kappa shape index (κ3) is 15.6. The zero-order valence-corrected chi connectivity index (χ0v) is 42.9. The number of hydrogen-bond acceptors (Lipinski definition) is 7. The van der Waals surface area contributed by atoms with E-state index in [1.165, 1.54) is 0 Å². The van der Waals surface area contributed by atoms with Crippen molar-refractivity contribution in [1.82, 2.24) is 0 Å². The van der Waals surface area contributed by atoms with E-state index in [1.54, 1.807) is 27.7 Å². The number of hydrogen-bond donors (Lipinski definition) is 7. The molecule has 0 fully saturated rings. The molecule has 2 atom stereocenters. The van der Waals surface area contributed by atoms with E-state index in [0.717, 1.165) is 12.8 Å². The average molecular weight is 974 g/mol. The monoisotopic (exact) mass is 973 g/mol. The number of unbranched alkanes of at least 4 members (excludes halogenated alkanes) is 1. The van der Waals surface area contributed by atoms with E-state index >= 15 is 0 Å². The van der Waals surface area contributed by atoms with Crippen LogP contribution in [0.2, 0.25) is 0 Å². The molecule has 0 bridgehead atoms. The molecule has 0 saturated heterocycles. The van der Waals surface area contributed by atoms with Crippen LogP contribution in [0.15, 0.2) is 212 Å². The smallest absolute Gasteiger partial charge is 0.152 e. The van der Waals surface area contributed by atoms with Crippen LogP contribution >= 0.6 is 0 Å². The molecule has 0 aliphatic carbocycles. The molecule has 0 heterocycles. The molecular formula is C58H69O7Ti2-. The van der Waals surface area contributed by atoms with Gasteiger partial charge in [0.2, 0.25) is 0 Å². The van der Waals surface area contributed by atoms with Crippen molar-refractivity contribution in [1.29, 1.82) is 0 Å². The van der Waals surface area contributed by atoms with Gasteiger partial charge in [-0.3, -0.25) is 0 Å². The van der Waals surface area contributed by atoms with Crippen molar-refractivity contribution in [3.63, 3.8) is 0 Å². The second-order valence-electron chi connectivity index (χ2n) is 16.7. The fourth-order valence-corrected chi connectivity index (χ4v) is 7.83. The van der Waals surface area contributed by atoms with Crippen molar-refractivity contribution in [2.45, 2.75) is 88.0 Å². The Labute approximate surface area is 429 Å². The molecule has 7 rings (SSSR count). The van der Waals surface area contributed by atoms with Crippen molar-refractivity contribution < 1.29 is 79.2 Å². The first kappa shape index (κ1) is 60.7. The van der Waals surface area contributed by atoms with E-state index in [2.05, 4.69) is 6.92 Å². The maximum absolute atomic E-state index is 12.3. The number of aliphatic hydroxyl groups excluding tert-OH is 2. The Balaban J connectivity index is 0.000000518. The molecule has 9 heteroatoms. The van der Waals surface area contributed by atoms with Gasteiger partial charge < -0.3 is 43.2 Å².